The molecule has 1 aromatic carbocycles. The monoisotopic (exact) mass is 467 g/mol. The molecule has 0 unspecified atom stereocenters. The summed E-state index contributed by atoms with van der Waals surface area (Å²) >= 11 is 0. The number of amides is 3. The zero-order valence-electron chi connectivity index (χ0n) is 19.3. The molecular formula is C24H29N5O5. The average molecular weight is 468 g/mol. The summed E-state index contributed by atoms with van der Waals surface area (Å²) in [6.07, 6.45) is 2.98. The van der Waals surface area contributed by atoms with Gasteiger partial charge in [0.05, 0.1) is 5.54 Å². The van der Waals surface area contributed by atoms with Crippen molar-refractivity contribution in [3.05, 3.63) is 57.8 Å². The number of aromatic nitrogens is 2. The molecule has 5 rings (SSSR count). The standard InChI is InChI=1S/C24H29N5O5/c1-28(2)22(34)20(32)27-24-11-8-16(9-12-24)14-29-21(33)18(30)17(26-23(24)29)19(31)25-13-10-15-6-4-3-5-7-15/h3-7,16,30H,8-14H2,1-2H3,(H,25,31)(H,27,32). The molecule has 3 amide bonds. The summed E-state index contributed by atoms with van der Waals surface area (Å²) in [6, 6.07) is 9.59. The summed E-state index contributed by atoms with van der Waals surface area (Å²) < 4.78 is 1.35. The van der Waals surface area contributed by atoms with Gasteiger partial charge in [-0.15, -0.1) is 0 Å². The number of aromatic hydroxyl groups is 1. The van der Waals surface area contributed by atoms with E-state index >= 15 is 0 Å². The first-order valence-corrected chi connectivity index (χ1v) is 11.4. The number of fused-ring (bicyclic) bond motifs is 2. The highest BCUT2D eigenvalue weighted by Gasteiger charge is 2.46. The van der Waals surface area contributed by atoms with Gasteiger partial charge in [0, 0.05) is 27.2 Å². The predicted molar refractivity (Wildman–Crippen MR) is 123 cm³/mol. The molecule has 2 aliphatic heterocycles. The molecule has 10 heteroatoms. The van der Waals surface area contributed by atoms with Crippen LogP contribution in [0, 0.1) is 5.92 Å². The third kappa shape index (κ3) is 4.40. The van der Waals surface area contributed by atoms with Crippen molar-refractivity contribution in [2.75, 3.05) is 20.6 Å². The first-order chi connectivity index (χ1) is 16.2. The molecular weight excluding hydrogens is 438 g/mol. The van der Waals surface area contributed by atoms with Crippen molar-refractivity contribution in [2.24, 2.45) is 5.92 Å². The minimum absolute atomic E-state index is 0.181. The minimum atomic E-state index is -1.07. The summed E-state index contributed by atoms with van der Waals surface area (Å²) in [7, 11) is 2.96. The molecule has 0 atom stereocenters. The highest BCUT2D eigenvalue weighted by molar-refractivity contribution is 6.35. The second kappa shape index (κ2) is 9.28. The van der Waals surface area contributed by atoms with Gasteiger partial charge in [-0.3, -0.25) is 23.7 Å². The number of rotatable bonds is 5. The molecule has 3 heterocycles. The Hall–Kier alpha value is -3.69. The second-order valence-electron chi connectivity index (χ2n) is 9.22. The maximum absolute atomic E-state index is 13.1. The van der Waals surface area contributed by atoms with Crippen LogP contribution < -0.4 is 16.2 Å². The van der Waals surface area contributed by atoms with E-state index in [-0.39, 0.29) is 17.4 Å². The zero-order chi connectivity index (χ0) is 24.5. The topological polar surface area (TPSA) is 134 Å². The van der Waals surface area contributed by atoms with E-state index in [1.807, 2.05) is 30.3 Å². The van der Waals surface area contributed by atoms with E-state index in [0.717, 1.165) is 18.4 Å². The van der Waals surface area contributed by atoms with E-state index in [1.54, 1.807) is 0 Å². The Morgan fingerprint density at radius 1 is 1.18 bits per heavy atom. The van der Waals surface area contributed by atoms with Crippen LogP contribution in [0.15, 0.2) is 35.1 Å². The fourth-order valence-corrected chi connectivity index (χ4v) is 4.78. The van der Waals surface area contributed by atoms with Gasteiger partial charge in [-0.25, -0.2) is 4.98 Å². The van der Waals surface area contributed by atoms with Crippen LogP contribution in [0.25, 0.3) is 0 Å². The normalized spacial score (nSPS) is 20.7. The molecule has 10 nitrogen and oxygen atoms in total. The largest absolute Gasteiger partial charge is 0.501 e. The third-order valence-electron chi connectivity index (χ3n) is 6.68. The summed E-state index contributed by atoms with van der Waals surface area (Å²) in [5.74, 6) is -2.50. The summed E-state index contributed by atoms with van der Waals surface area (Å²) in [5.41, 5.74) is -1.13. The van der Waals surface area contributed by atoms with E-state index in [4.69, 9.17) is 0 Å². The molecule has 0 saturated heterocycles. The molecule has 1 aromatic heterocycles. The highest BCUT2D eigenvalue weighted by Crippen LogP contribution is 2.42. The van der Waals surface area contributed by atoms with E-state index < -0.39 is 34.6 Å². The van der Waals surface area contributed by atoms with Gasteiger partial charge < -0.3 is 20.6 Å². The first kappa shape index (κ1) is 23.5. The summed E-state index contributed by atoms with van der Waals surface area (Å²) in [4.78, 5) is 56.5. The molecule has 0 spiro atoms. The molecule has 1 fully saturated rings. The van der Waals surface area contributed by atoms with Crippen LogP contribution >= 0.6 is 0 Å². The van der Waals surface area contributed by atoms with Gasteiger partial charge in [-0.1, -0.05) is 30.3 Å². The Bertz CT molecular complexity index is 1170. The summed E-state index contributed by atoms with van der Waals surface area (Å²) in [6.45, 7) is 0.632. The lowest BCUT2D eigenvalue weighted by molar-refractivity contribution is -0.145. The fraction of sp³-hybridized carbons (Fsp3) is 0.458. The second-order valence-corrected chi connectivity index (χ2v) is 9.22. The fourth-order valence-electron chi connectivity index (χ4n) is 4.78. The van der Waals surface area contributed by atoms with E-state index in [2.05, 4.69) is 15.6 Å². The Morgan fingerprint density at radius 2 is 1.85 bits per heavy atom. The summed E-state index contributed by atoms with van der Waals surface area (Å²) in [5, 5.41) is 16.1. The van der Waals surface area contributed by atoms with Crippen molar-refractivity contribution in [1.29, 1.82) is 0 Å². The van der Waals surface area contributed by atoms with Crippen molar-refractivity contribution in [1.82, 2.24) is 25.1 Å². The van der Waals surface area contributed by atoms with Crippen LogP contribution in [0.5, 0.6) is 5.75 Å². The number of carbonyl (C=O) groups excluding carboxylic acids is 3. The number of likely N-dealkylation sites (N-methyl/N-ethyl adjacent to an activating group) is 1. The van der Waals surface area contributed by atoms with Gasteiger partial charge in [0.1, 0.15) is 5.82 Å². The SMILES string of the molecule is CN(C)C(=O)C(=O)NC12CCC(CC1)Cn1c2nc(C(=O)NCCc2ccccc2)c(O)c1=O. The van der Waals surface area contributed by atoms with Gasteiger partial charge in [-0.2, -0.15) is 0 Å². The van der Waals surface area contributed by atoms with Crippen molar-refractivity contribution >= 4 is 17.7 Å². The number of nitrogens with one attached hydrogen (secondary N) is 2. The van der Waals surface area contributed by atoms with E-state index in [1.165, 1.54) is 23.6 Å². The van der Waals surface area contributed by atoms with Gasteiger partial charge in [0.25, 0.3) is 11.5 Å². The molecule has 180 valence electrons. The Balaban J connectivity index is 1.65. The molecule has 2 bridgehead atoms. The van der Waals surface area contributed by atoms with Crippen LogP contribution in [0.1, 0.15) is 47.6 Å². The van der Waals surface area contributed by atoms with Gasteiger partial charge in [0.2, 0.25) is 5.75 Å². The van der Waals surface area contributed by atoms with Crippen molar-refractivity contribution in [2.45, 2.75) is 44.2 Å². The van der Waals surface area contributed by atoms with Gasteiger partial charge in [-0.05, 0) is 43.6 Å². The third-order valence-corrected chi connectivity index (χ3v) is 6.68. The lowest BCUT2D eigenvalue weighted by atomic mass is 9.77. The van der Waals surface area contributed by atoms with E-state index in [0.29, 0.717) is 32.4 Å². The Labute approximate surface area is 197 Å². The van der Waals surface area contributed by atoms with Crippen LogP contribution in [0.3, 0.4) is 0 Å². The molecule has 1 saturated carbocycles. The molecule has 0 radical (unpaired) electrons. The Kier molecular flexibility index (Phi) is 6.41. The lowest BCUT2D eigenvalue weighted by Gasteiger charge is -2.37. The van der Waals surface area contributed by atoms with Crippen LogP contribution in [-0.4, -0.2) is 57.9 Å². The highest BCUT2D eigenvalue weighted by atomic mass is 16.3. The smallest absolute Gasteiger partial charge is 0.311 e. The quantitative estimate of drug-likeness (QED) is 0.549. The van der Waals surface area contributed by atoms with Crippen molar-refractivity contribution < 1.29 is 19.5 Å². The number of hydrogen-bond acceptors (Lipinski definition) is 6. The minimum Gasteiger partial charge on any atom is -0.501 e. The molecule has 34 heavy (non-hydrogen) atoms. The van der Waals surface area contributed by atoms with Gasteiger partial charge in [0.15, 0.2) is 5.69 Å². The molecule has 2 aromatic rings. The Morgan fingerprint density at radius 3 is 2.50 bits per heavy atom. The number of nitrogens with zero attached hydrogens (tertiary/aromatic N) is 3. The van der Waals surface area contributed by atoms with Crippen LogP contribution in [0.2, 0.25) is 0 Å². The predicted octanol–water partition coefficient (Wildman–Crippen LogP) is 0.525. The van der Waals surface area contributed by atoms with Crippen LogP contribution in [-0.2, 0) is 28.1 Å². The van der Waals surface area contributed by atoms with Crippen molar-refractivity contribution in [3.63, 3.8) is 0 Å². The number of carbonyl (C=O) groups is 3. The maximum Gasteiger partial charge on any atom is 0.311 e. The maximum atomic E-state index is 13.1. The first-order valence-electron chi connectivity index (χ1n) is 11.4. The number of hydrogen-bond donors (Lipinski definition) is 3. The van der Waals surface area contributed by atoms with Crippen molar-refractivity contribution in [3.8, 4) is 5.75 Å². The molecule has 3 aliphatic rings. The average Bonchev–Trinajstić information content (AvgIpc) is 3.07. The van der Waals surface area contributed by atoms with Gasteiger partial charge >= 0.3 is 11.8 Å². The lowest BCUT2D eigenvalue weighted by Crippen LogP contribution is -2.53. The van der Waals surface area contributed by atoms with E-state index in [9.17, 15) is 24.3 Å². The number of benzene rings is 1. The van der Waals surface area contributed by atoms with Crippen LogP contribution in [0.4, 0.5) is 0 Å². The molecule has 3 N–H and O–H groups in total. The molecule has 1 aliphatic carbocycles. The zero-order valence-corrected chi connectivity index (χ0v) is 19.3.